The van der Waals surface area contributed by atoms with E-state index in [0.29, 0.717) is 6.04 Å². The smallest absolute Gasteiger partial charge is 0.191 e. The van der Waals surface area contributed by atoms with Gasteiger partial charge in [0.05, 0.1) is 19.3 Å². The highest BCUT2D eigenvalue weighted by Crippen LogP contribution is 2.22. The van der Waals surface area contributed by atoms with Crippen LogP contribution in [0.2, 0.25) is 0 Å². The fourth-order valence-electron chi connectivity index (χ4n) is 3.16. The molecule has 7 heteroatoms. The van der Waals surface area contributed by atoms with E-state index in [4.69, 9.17) is 9.47 Å². The van der Waals surface area contributed by atoms with Crippen LogP contribution in [0.15, 0.2) is 29.3 Å². The number of rotatable bonds is 9. The van der Waals surface area contributed by atoms with Gasteiger partial charge in [0, 0.05) is 46.4 Å². The predicted octanol–water partition coefficient (Wildman–Crippen LogP) is 2.58. The summed E-state index contributed by atoms with van der Waals surface area (Å²) in [5, 5.41) is 6.86. The molecule has 0 radical (unpaired) electrons. The number of morpholine rings is 1. The van der Waals surface area contributed by atoms with E-state index in [2.05, 4.69) is 51.7 Å². The second kappa shape index (κ2) is 14.1. The number of aryl methyl sites for hydroxylation is 1. The molecule has 154 valence electrons. The first-order valence-electron chi connectivity index (χ1n) is 9.65. The van der Waals surface area contributed by atoms with Crippen LogP contribution < -0.4 is 10.6 Å². The van der Waals surface area contributed by atoms with Gasteiger partial charge >= 0.3 is 0 Å². The second-order valence-electron chi connectivity index (χ2n) is 6.51. The Hall–Kier alpha value is -0.900. The summed E-state index contributed by atoms with van der Waals surface area (Å²) in [5.74, 6) is 0.840. The van der Waals surface area contributed by atoms with Crippen LogP contribution in [-0.2, 0) is 9.47 Å². The third kappa shape index (κ3) is 8.76. The SMILES string of the molecule is CCOCCCNC(=NC)NCC(c1cccc(C)c1)N1CCOCC1.I. The molecule has 2 rings (SSSR count). The third-order valence-corrected chi connectivity index (χ3v) is 4.56. The van der Waals surface area contributed by atoms with Gasteiger partial charge in [-0.15, -0.1) is 24.0 Å². The molecule has 1 unspecified atom stereocenters. The van der Waals surface area contributed by atoms with Crippen molar-refractivity contribution in [1.82, 2.24) is 15.5 Å². The van der Waals surface area contributed by atoms with Crippen LogP contribution in [0.1, 0.15) is 30.5 Å². The zero-order chi connectivity index (χ0) is 18.6. The number of hydrogen-bond acceptors (Lipinski definition) is 4. The third-order valence-electron chi connectivity index (χ3n) is 4.56. The van der Waals surface area contributed by atoms with Crippen molar-refractivity contribution < 1.29 is 9.47 Å². The molecule has 27 heavy (non-hydrogen) atoms. The van der Waals surface area contributed by atoms with Crippen molar-refractivity contribution in [3.63, 3.8) is 0 Å². The molecule has 1 aliphatic heterocycles. The summed E-state index contributed by atoms with van der Waals surface area (Å²) in [6.07, 6.45) is 0.972. The quantitative estimate of drug-likeness (QED) is 0.241. The van der Waals surface area contributed by atoms with Crippen LogP contribution in [-0.4, -0.2) is 70.5 Å². The van der Waals surface area contributed by atoms with Crippen LogP contribution in [0, 0.1) is 6.92 Å². The number of nitrogens with one attached hydrogen (secondary N) is 2. The van der Waals surface area contributed by atoms with E-state index in [1.165, 1.54) is 11.1 Å². The Bertz CT molecular complexity index is 551. The van der Waals surface area contributed by atoms with Crippen molar-refractivity contribution in [3.05, 3.63) is 35.4 Å². The summed E-state index contributed by atoms with van der Waals surface area (Å²) in [6, 6.07) is 9.08. The molecular formula is C20H35IN4O2. The molecule has 0 aliphatic carbocycles. The van der Waals surface area contributed by atoms with Gasteiger partial charge in [0.25, 0.3) is 0 Å². The summed E-state index contributed by atoms with van der Waals surface area (Å²) in [5.41, 5.74) is 2.63. The lowest BCUT2D eigenvalue weighted by Crippen LogP contribution is -2.46. The minimum absolute atomic E-state index is 0. The number of guanidine groups is 1. The maximum absolute atomic E-state index is 5.53. The van der Waals surface area contributed by atoms with E-state index in [1.807, 2.05) is 14.0 Å². The minimum Gasteiger partial charge on any atom is -0.382 e. The Morgan fingerprint density at radius 3 is 2.74 bits per heavy atom. The minimum atomic E-state index is 0. The monoisotopic (exact) mass is 490 g/mol. The fourth-order valence-corrected chi connectivity index (χ4v) is 3.16. The standard InChI is InChI=1S/C20H34N4O2.HI/c1-4-25-12-6-9-22-20(21-3)23-16-19(24-10-13-26-14-11-24)18-8-5-7-17(2)15-18;/h5,7-8,15,19H,4,6,9-14,16H2,1-3H3,(H2,21,22,23);1H. The molecule has 1 aromatic carbocycles. The molecule has 2 N–H and O–H groups in total. The van der Waals surface area contributed by atoms with Gasteiger partial charge in [-0.25, -0.2) is 0 Å². The van der Waals surface area contributed by atoms with Crippen LogP contribution in [0.5, 0.6) is 0 Å². The first kappa shape index (κ1) is 24.1. The molecule has 1 saturated heterocycles. The summed E-state index contributed by atoms with van der Waals surface area (Å²) in [6.45, 7) is 10.9. The number of nitrogens with zero attached hydrogens (tertiary/aromatic N) is 2. The zero-order valence-electron chi connectivity index (χ0n) is 16.9. The molecule has 1 heterocycles. The normalized spacial score (nSPS) is 16.5. The molecule has 1 atom stereocenters. The van der Waals surface area contributed by atoms with E-state index in [-0.39, 0.29) is 24.0 Å². The fraction of sp³-hybridized carbons (Fsp3) is 0.650. The summed E-state index contributed by atoms with van der Waals surface area (Å²) in [7, 11) is 1.81. The van der Waals surface area contributed by atoms with Gasteiger partial charge in [0.1, 0.15) is 0 Å². The van der Waals surface area contributed by atoms with E-state index >= 15 is 0 Å². The zero-order valence-corrected chi connectivity index (χ0v) is 19.2. The molecule has 0 saturated carbocycles. The summed E-state index contributed by atoms with van der Waals surface area (Å²) in [4.78, 5) is 6.84. The van der Waals surface area contributed by atoms with Gasteiger partial charge < -0.3 is 20.1 Å². The average molecular weight is 490 g/mol. The number of ether oxygens (including phenoxy) is 2. The van der Waals surface area contributed by atoms with Crippen LogP contribution in [0.3, 0.4) is 0 Å². The second-order valence-corrected chi connectivity index (χ2v) is 6.51. The van der Waals surface area contributed by atoms with Crippen molar-refractivity contribution in [2.24, 2.45) is 4.99 Å². The van der Waals surface area contributed by atoms with Crippen molar-refractivity contribution in [2.45, 2.75) is 26.3 Å². The lowest BCUT2D eigenvalue weighted by molar-refractivity contribution is 0.0170. The van der Waals surface area contributed by atoms with Crippen molar-refractivity contribution in [3.8, 4) is 0 Å². The first-order chi connectivity index (χ1) is 12.7. The topological polar surface area (TPSA) is 58.1 Å². The molecule has 1 aromatic rings. The summed E-state index contributed by atoms with van der Waals surface area (Å²) >= 11 is 0. The maximum atomic E-state index is 5.53. The van der Waals surface area contributed by atoms with Gasteiger partial charge in [0.15, 0.2) is 5.96 Å². The van der Waals surface area contributed by atoms with Crippen LogP contribution in [0.4, 0.5) is 0 Å². The van der Waals surface area contributed by atoms with E-state index in [9.17, 15) is 0 Å². The molecule has 1 aliphatic rings. The number of halogens is 1. The Morgan fingerprint density at radius 1 is 1.30 bits per heavy atom. The highest BCUT2D eigenvalue weighted by molar-refractivity contribution is 14.0. The maximum Gasteiger partial charge on any atom is 0.191 e. The first-order valence-corrected chi connectivity index (χ1v) is 9.65. The van der Waals surface area contributed by atoms with Gasteiger partial charge in [-0.2, -0.15) is 0 Å². The van der Waals surface area contributed by atoms with Crippen molar-refractivity contribution in [1.29, 1.82) is 0 Å². The largest absolute Gasteiger partial charge is 0.382 e. The Kier molecular flexibility index (Phi) is 12.6. The molecule has 0 bridgehead atoms. The summed E-state index contributed by atoms with van der Waals surface area (Å²) < 4.78 is 10.9. The molecule has 0 amide bonds. The predicted molar refractivity (Wildman–Crippen MR) is 122 cm³/mol. The van der Waals surface area contributed by atoms with E-state index in [0.717, 1.165) is 65.0 Å². The average Bonchev–Trinajstić information content (AvgIpc) is 2.67. The molecule has 0 aromatic heterocycles. The van der Waals surface area contributed by atoms with Crippen LogP contribution in [0.25, 0.3) is 0 Å². The lowest BCUT2D eigenvalue weighted by atomic mass is 10.0. The van der Waals surface area contributed by atoms with Crippen LogP contribution >= 0.6 is 24.0 Å². The van der Waals surface area contributed by atoms with Crippen molar-refractivity contribution >= 4 is 29.9 Å². The number of aliphatic imine (C=N–C) groups is 1. The molecule has 0 spiro atoms. The lowest BCUT2D eigenvalue weighted by Gasteiger charge is -2.35. The Balaban J connectivity index is 0.00000364. The molecular weight excluding hydrogens is 455 g/mol. The highest BCUT2D eigenvalue weighted by atomic mass is 127. The van der Waals surface area contributed by atoms with E-state index < -0.39 is 0 Å². The van der Waals surface area contributed by atoms with Gasteiger partial charge in [-0.1, -0.05) is 29.8 Å². The van der Waals surface area contributed by atoms with Gasteiger partial charge in [-0.3, -0.25) is 9.89 Å². The molecule has 1 fully saturated rings. The Morgan fingerprint density at radius 2 is 2.07 bits per heavy atom. The highest BCUT2D eigenvalue weighted by Gasteiger charge is 2.23. The van der Waals surface area contributed by atoms with E-state index in [1.54, 1.807) is 0 Å². The number of hydrogen-bond donors (Lipinski definition) is 2. The van der Waals surface area contributed by atoms with Gasteiger partial charge in [-0.05, 0) is 25.8 Å². The van der Waals surface area contributed by atoms with Crippen molar-refractivity contribution in [2.75, 3.05) is 59.7 Å². The molecule has 6 nitrogen and oxygen atoms in total. The number of benzene rings is 1. The van der Waals surface area contributed by atoms with Gasteiger partial charge in [0.2, 0.25) is 0 Å². The Labute approximate surface area is 181 Å².